The van der Waals surface area contributed by atoms with Crippen LogP contribution >= 0.6 is 0 Å². The van der Waals surface area contributed by atoms with E-state index in [0.717, 1.165) is 0 Å². The molecule has 0 aromatic carbocycles. The molecule has 0 N–H and O–H groups in total. The first-order valence-corrected chi connectivity index (χ1v) is 5.55. The SMILES string of the molecule is CC(COOCOOCC(C)([N+](=O)[O-])[N+](=O)[O-])([N+](=O)[O-])[N+](=O)[O-]. The minimum Gasteiger partial charge on any atom is -0.258 e. The third-order valence-corrected chi connectivity index (χ3v) is 2.50. The van der Waals surface area contributed by atoms with Gasteiger partial charge in [0.05, 0.1) is 13.8 Å². The average molecular weight is 344 g/mol. The summed E-state index contributed by atoms with van der Waals surface area (Å²) in [7, 11) is 0. The van der Waals surface area contributed by atoms with Gasteiger partial charge in [-0.1, -0.05) is 0 Å². The number of nitro groups is 4. The van der Waals surface area contributed by atoms with E-state index in [1.54, 1.807) is 0 Å². The molecule has 0 aromatic heterocycles. The van der Waals surface area contributed by atoms with Crippen molar-refractivity contribution in [1.82, 2.24) is 0 Å². The van der Waals surface area contributed by atoms with E-state index in [2.05, 4.69) is 19.6 Å². The number of hydrogen-bond acceptors (Lipinski definition) is 12. The maximum atomic E-state index is 10.5. The smallest absolute Gasteiger partial charge is 0.258 e. The molecule has 16 nitrogen and oxygen atoms in total. The van der Waals surface area contributed by atoms with Crippen molar-refractivity contribution < 1.29 is 39.2 Å². The normalized spacial score (nSPS) is 11.9. The molecule has 0 saturated heterocycles. The van der Waals surface area contributed by atoms with Gasteiger partial charge in [0.15, 0.2) is 0 Å². The maximum absolute atomic E-state index is 10.5. The molecule has 0 atom stereocenters. The molecule has 0 aliphatic heterocycles. The lowest BCUT2D eigenvalue weighted by molar-refractivity contribution is -0.799. The van der Waals surface area contributed by atoms with Gasteiger partial charge in [-0.25, -0.2) is 19.6 Å². The van der Waals surface area contributed by atoms with E-state index in [0.29, 0.717) is 13.8 Å². The van der Waals surface area contributed by atoms with Gasteiger partial charge in [-0.15, -0.1) is 0 Å². The summed E-state index contributed by atoms with van der Waals surface area (Å²) in [6.07, 6.45) is 0. The van der Waals surface area contributed by atoms with E-state index in [1.165, 1.54) is 0 Å². The van der Waals surface area contributed by atoms with Gasteiger partial charge < -0.3 is 0 Å². The van der Waals surface area contributed by atoms with E-state index in [-0.39, 0.29) is 0 Å². The van der Waals surface area contributed by atoms with Gasteiger partial charge in [0.2, 0.25) is 20.0 Å². The Morgan fingerprint density at radius 1 is 0.652 bits per heavy atom. The molecule has 16 heteroatoms. The molecule has 23 heavy (non-hydrogen) atoms. The number of hydrogen-bond donors (Lipinski definition) is 0. The zero-order valence-electron chi connectivity index (χ0n) is 11.8. The highest BCUT2D eigenvalue weighted by Crippen LogP contribution is 2.12. The molecular weight excluding hydrogens is 332 g/mol. The van der Waals surface area contributed by atoms with Crippen LogP contribution in [0.25, 0.3) is 0 Å². The van der Waals surface area contributed by atoms with E-state index < -0.39 is 51.0 Å². The van der Waals surface area contributed by atoms with Gasteiger partial charge in [0, 0.05) is 0 Å². The zero-order valence-corrected chi connectivity index (χ0v) is 11.8. The lowest BCUT2D eigenvalue weighted by Gasteiger charge is -2.13. The molecule has 0 aliphatic rings. The van der Waals surface area contributed by atoms with Crippen LogP contribution in [0.15, 0.2) is 0 Å². The Morgan fingerprint density at radius 3 is 1.13 bits per heavy atom. The van der Waals surface area contributed by atoms with Crippen LogP contribution < -0.4 is 0 Å². The van der Waals surface area contributed by atoms with Gasteiger partial charge in [-0.2, -0.15) is 0 Å². The van der Waals surface area contributed by atoms with Gasteiger partial charge >= 0.3 is 11.3 Å². The zero-order chi connectivity index (χ0) is 18.3. The molecular formula is C7H12N4O12. The molecule has 0 fully saturated rings. The Morgan fingerprint density at radius 2 is 0.913 bits per heavy atom. The van der Waals surface area contributed by atoms with E-state index in [9.17, 15) is 40.5 Å². The summed E-state index contributed by atoms with van der Waals surface area (Å²) < 4.78 is 0. The average Bonchev–Trinajstić information content (AvgIpc) is 2.44. The molecule has 0 saturated carbocycles. The Labute approximate surface area is 126 Å². The molecule has 0 bridgehead atoms. The standard InChI is InChI=1S/C7H12N4O12/c1-6(8(12)13,9(14)15)3-20-22-5-23-21-4-7(2,10(16)17)11(18)19/h3-5H2,1-2H3. The summed E-state index contributed by atoms with van der Waals surface area (Å²) in [5.41, 5.74) is -5.31. The highest BCUT2D eigenvalue weighted by atomic mass is 17.3. The van der Waals surface area contributed by atoms with Crippen molar-refractivity contribution in [2.75, 3.05) is 20.0 Å². The number of rotatable bonds is 12. The molecule has 132 valence electrons. The predicted molar refractivity (Wildman–Crippen MR) is 63.7 cm³/mol. The van der Waals surface area contributed by atoms with Gasteiger partial charge in [0.25, 0.3) is 0 Å². The fraction of sp³-hybridized carbons (Fsp3) is 1.00. The second-order valence-corrected chi connectivity index (χ2v) is 4.34. The minimum atomic E-state index is -2.66. The van der Waals surface area contributed by atoms with Crippen molar-refractivity contribution in [3.63, 3.8) is 0 Å². The molecule has 0 aliphatic carbocycles. The Bertz CT molecular complexity index is 410. The molecule has 0 unspecified atom stereocenters. The number of nitrogens with zero attached hydrogens (tertiary/aromatic N) is 4. The minimum absolute atomic E-state index is 0.674. The Hall–Kier alpha value is -2.56. The summed E-state index contributed by atoms with van der Waals surface area (Å²) in [5.74, 6) is 0. The second-order valence-electron chi connectivity index (χ2n) is 4.34. The van der Waals surface area contributed by atoms with Crippen LogP contribution in [0.4, 0.5) is 0 Å². The van der Waals surface area contributed by atoms with E-state index >= 15 is 0 Å². The fourth-order valence-electron chi connectivity index (χ4n) is 0.738. The van der Waals surface area contributed by atoms with Crippen LogP contribution in [-0.2, 0) is 19.6 Å². The van der Waals surface area contributed by atoms with Crippen LogP contribution in [0, 0.1) is 40.5 Å². The first-order valence-electron chi connectivity index (χ1n) is 5.55. The summed E-state index contributed by atoms with van der Waals surface area (Å²) in [4.78, 5) is 54.0. The maximum Gasteiger partial charge on any atom is 0.481 e. The Balaban J connectivity index is 4.12. The third kappa shape index (κ3) is 5.29. The monoisotopic (exact) mass is 344 g/mol. The molecule has 0 radical (unpaired) electrons. The van der Waals surface area contributed by atoms with E-state index in [1.807, 2.05) is 0 Å². The van der Waals surface area contributed by atoms with Crippen LogP contribution in [0.5, 0.6) is 0 Å². The van der Waals surface area contributed by atoms with Gasteiger partial charge in [-0.3, -0.25) is 40.5 Å². The second kappa shape index (κ2) is 8.17. The van der Waals surface area contributed by atoms with E-state index in [4.69, 9.17) is 0 Å². The topological polar surface area (TPSA) is 209 Å². The van der Waals surface area contributed by atoms with Crippen LogP contribution in [-0.4, -0.2) is 51.0 Å². The Kier molecular flexibility index (Phi) is 7.26. The van der Waals surface area contributed by atoms with Crippen molar-refractivity contribution in [2.24, 2.45) is 0 Å². The summed E-state index contributed by atoms with van der Waals surface area (Å²) >= 11 is 0. The molecule has 0 rings (SSSR count). The molecule has 0 aromatic rings. The lowest BCUT2D eigenvalue weighted by atomic mass is 10.2. The van der Waals surface area contributed by atoms with Crippen molar-refractivity contribution in [3.05, 3.63) is 40.5 Å². The predicted octanol–water partition coefficient (Wildman–Crippen LogP) is -0.620. The van der Waals surface area contributed by atoms with Crippen LogP contribution in [0.2, 0.25) is 0 Å². The van der Waals surface area contributed by atoms with Gasteiger partial charge in [0.1, 0.15) is 19.7 Å². The van der Waals surface area contributed by atoms with Crippen molar-refractivity contribution in [3.8, 4) is 0 Å². The van der Waals surface area contributed by atoms with Crippen LogP contribution in [0.3, 0.4) is 0 Å². The fourth-order valence-corrected chi connectivity index (χ4v) is 0.738. The van der Waals surface area contributed by atoms with Crippen molar-refractivity contribution >= 4 is 0 Å². The van der Waals surface area contributed by atoms with Crippen molar-refractivity contribution in [2.45, 2.75) is 25.2 Å². The first-order chi connectivity index (χ1) is 10.5. The van der Waals surface area contributed by atoms with Gasteiger partial charge in [-0.05, 0) is 0 Å². The lowest BCUT2D eigenvalue weighted by Crippen LogP contribution is -2.47. The highest BCUT2D eigenvalue weighted by Gasteiger charge is 2.52. The first kappa shape index (κ1) is 20.4. The molecule has 0 amide bonds. The summed E-state index contributed by atoms with van der Waals surface area (Å²) in [6.45, 7) is -1.70. The third-order valence-electron chi connectivity index (χ3n) is 2.50. The van der Waals surface area contributed by atoms with Crippen molar-refractivity contribution in [1.29, 1.82) is 0 Å². The largest absolute Gasteiger partial charge is 0.481 e. The summed E-state index contributed by atoms with van der Waals surface area (Å²) in [5, 5.41) is 42.0. The molecule has 0 spiro atoms. The molecule has 0 heterocycles. The van der Waals surface area contributed by atoms with Crippen LogP contribution in [0.1, 0.15) is 13.8 Å². The summed E-state index contributed by atoms with van der Waals surface area (Å²) in [6, 6.07) is 0. The quantitative estimate of drug-likeness (QED) is 0.142. The highest BCUT2D eigenvalue weighted by molar-refractivity contribution is 4.57.